The van der Waals surface area contributed by atoms with Crippen molar-refractivity contribution in [3.63, 3.8) is 0 Å². The lowest BCUT2D eigenvalue weighted by atomic mass is 9.97. The molecule has 1 N–H and O–H groups in total. The number of amides is 1. The summed E-state index contributed by atoms with van der Waals surface area (Å²) in [6.07, 6.45) is 0.660. The number of para-hydroxylation sites is 1. The van der Waals surface area contributed by atoms with Crippen LogP contribution in [0, 0.1) is 17.6 Å². The van der Waals surface area contributed by atoms with Gasteiger partial charge >= 0.3 is 0 Å². The summed E-state index contributed by atoms with van der Waals surface area (Å²) in [7, 11) is -3.67. The first-order valence-electron chi connectivity index (χ1n) is 8.63. The summed E-state index contributed by atoms with van der Waals surface area (Å²) in [5.74, 6) is -2.21. The van der Waals surface area contributed by atoms with Gasteiger partial charge in [0.15, 0.2) is 0 Å². The van der Waals surface area contributed by atoms with Crippen LogP contribution in [0.1, 0.15) is 18.4 Å². The van der Waals surface area contributed by atoms with E-state index in [9.17, 15) is 22.0 Å². The number of rotatable bonds is 5. The maximum atomic E-state index is 13.7. The average molecular weight is 394 g/mol. The first-order chi connectivity index (χ1) is 12.9. The number of piperidine rings is 1. The Kier molecular flexibility index (Phi) is 5.86. The molecule has 1 aliphatic rings. The molecule has 1 fully saturated rings. The van der Waals surface area contributed by atoms with Crippen LogP contribution in [-0.4, -0.2) is 31.7 Å². The molecule has 0 aliphatic carbocycles. The molecular formula is C19H20F2N2O3S. The van der Waals surface area contributed by atoms with E-state index in [0.717, 1.165) is 0 Å². The van der Waals surface area contributed by atoms with Gasteiger partial charge < -0.3 is 5.32 Å². The molecule has 1 amide bonds. The van der Waals surface area contributed by atoms with Crippen molar-refractivity contribution in [1.82, 2.24) is 4.31 Å². The average Bonchev–Trinajstić information content (AvgIpc) is 2.65. The van der Waals surface area contributed by atoms with Gasteiger partial charge in [-0.2, -0.15) is 0 Å². The van der Waals surface area contributed by atoms with Crippen LogP contribution < -0.4 is 5.32 Å². The number of nitrogens with zero attached hydrogens (tertiary/aromatic N) is 1. The Balaban J connectivity index is 1.59. The molecule has 8 heteroatoms. The smallest absolute Gasteiger partial charge is 0.227 e. The highest BCUT2D eigenvalue weighted by Crippen LogP contribution is 2.24. The van der Waals surface area contributed by atoms with Crippen LogP contribution in [0.15, 0.2) is 48.5 Å². The Labute approximate surface area is 157 Å². The van der Waals surface area contributed by atoms with Crippen LogP contribution in [0.5, 0.6) is 0 Å². The third kappa shape index (κ3) is 4.70. The number of benzene rings is 2. The fourth-order valence-electron chi connectivity index (χ4n) is 3.10. The quantitative estimate of drug-likeness (QED) is 0.847. The molecule has 1 saturated heterocycles. The van der Waals surface area contributed by atoms with E-state index in [1.165, 1.54) is 40.7 Å². The molecule has 0 bridgehead atoms. The molecule has 1 aliphatic heterocycles. The van der Waals surface area contributed by atoms with Gasteiger partial charge in [-0.1, -0.05) is 30.3 Å². The van der Waals surface area contributed by atoms with Crippen molar-refractivity contribution >= 4 is 21.6 Å². The van der Waals surface area contributed by atoms with Crippen molar-refractivity contribution in [3.05, 3.63) is 65.7 Å². The number of carbonyl (C=O) groups excluding carboxylic acids is 1. The van der Waals surface area contributed by atoms with Crippen LogP contribution in [0.4, 0.5) is 14.5 Å². The molecular weight excluding hydrogens is 374 g/mol. The number of halogens is 2. The summed E-state index contributed by atoms with van der Waals surface area (Å²) in [5, 5.41) is 2.55. The molecule has 27 heavy (non-hydrogen) atoms. The fourth-order valence-corrected chi connectivity index (χ4v) is 4.67. The van der Waals surface area contributed by atoms with E-state index < -0.39 is 33.3 Å². The topological polar surface area (TPSA) is 66.5 Å². The Morgan fingerprint density at radius 2 is 1.59 bits per heavy atom. The highest BCUT2D eigenvalue weighted by molar-refractivity contribution is 7.88. The zero-order valence-corrected chi connectivity index (χ0v) is 15.4. The van der Waals surface area contributed by atoms with Crippen LogP contribution in [0.25, 0.3) is 0 Å². The second kappa shape index (κ2) is 8.14. The zero-order chi connectivity index (χ0) is 19.4. The maximum Gasteiger partial charge on any atom is 0.227 e. The van der Waals surface area contributed by atoms with Gasteiger partial charge in [0, 0.05) is 24.6 Å². The molecule has 2 aromatic carbocycles. The van der Waals surface area contributed by atoms with Gasteiger partial charge in [-0.05, 0) is 31.0 Å². The molecule has 2 aromatic rings. The van der Waals surface area contributed by atoms with Gasteiger partial charge in [-0.25, -0.2) is 21.5 Å². The highest BCUT2D eigenvalue weighted by atomic mass is 32.2. The third-order valence-corrected chi connectivity index (χ3v) is 6.47. The lowest BCUT2D eigenvalue weighted by Gasteiger charge is -2.30. The largest absolute Gasteiger partial charge is 0.323 e. The van der Waals surface area contributed by atoms with Crippen molar-refractivity contribution in [1.29, 1.82) is 0 Å². The van der Waals surface area contributed by atoms with E-state index in [1.54, 1.807) is 12.1 Å². The molecule has 5 nitrogen and oxygen atoms in total. The summed E-state index contributed by atoms with van der Waals surface area (Å²) < 4.78 is 53.7. The monoisotopic (exact) mass is 394 g/mol. The molecule has 0 unspecified atom stereocenters. The summed E-state index contributed by atoms with van der Waals surface area (Å²) >= 11 is 0. The number of nitrogens with one attached hydrogen (secondary N) is 1. The molecule has 0 radical (unpaired) electrons. The summed E-state index contributed by atoms with van der Waals surface area (Å²) in [6.45, 7) is 0.346. The van der Waals surface area contributed by atoms with Crippen molar-refractivity contribution in [3.8, 4) is 0 Å². The maximum absolute atomic E-state index is 13.7. The predicted molar refractivity (Wildman–Crippen MR) is 98.4 cm³/mol. The zero-order valence-electron chi connectivity index (χ0n) is 14.6. The van der Waals surface area contributed by atoms with Gasteiger partial charge in [0.1, 0.15) is 11.6 Å². The van der Waals surface area contributed by atoms with E-state index in [2.05, 4.69) is 5.32 Å². The summed E-state index contributed by atoms with van der Waals surface area (Å²) in [6, 6.07) is 11.7. The number of anilines is 1. The molecule has 0 saturated carbocycles. The van der Waals surface area contributed by atoms with Crippen molar-refractivity contribution in [2.24, 2.45) is 5.92 Å². The predicted octanol–water partition coefficient (Wildman–Crippen LogP) is 3.15. The summed E-state index contributed by atoms with van der Waals surface area (Å²) in [4.78, 5) is 12.3. The second-order valence-corrected chi connectivity index (χ2v) is 8.46. The number of hydrogen-bond acceptors (Lipinski definition) is 3. The number of hydrogen-bond donors (Lipinski definition) is 1. The minimum Gasteiger partial charge on any atom is -0.323 e. The van der Waals surface area contributed by atoms with E-state index >= 15 is 0 Å². The first-order valence-corrected chi connectivity index (χ1v) is 10.2. The van der Waals surface area contributed by atoms with Gasteiger partial charge in [-0.3, -0.25) is 4.79 Å². The second-order valence-electron chi connectivity index (χ2n) is 6.49. The number of sulfonamides is 1. The molecule has 1 heterocycles. The Bertz CT molecular complexity index is 926. The van der Waals surface area contributed by atoms with E-state index in [4.69, 9.17) is 0 Å². The SMILES string of the molecule is O=C(Nc1ccccc1F)C1CCN(S(=O)(=O)Cc2ccccc2F)CC1. The van der Waals surface area contributed by atoms with Crippen LogP contribution in [0.3, 0.4) is 0 Å². The molecule has 0 atom stereocenters. The van der Waals surface area contributed by atoms with Gasteiger partial charge in [-0.15, -0.1) is 0 Å². The fraction of sp³-hybridized carbons (Fsp3) is 0.316. The van der Waals surface area contributed by atoms with Crippen LogP contribution in [-0.2, 0) is 20.6 Å². The molecule has 3 rings (SSSR count). The number of carbonyl (C=O) groups is 1. The van der Waals surface area contributed by atoms with Crippen LogP contribution >= 0.6 is 0 Å². The minimum absolute atomic E-state index is 0.108. The Morgan fingerprint density at radius 1 is 1.00 bits per heavy atom. The lowest BCUT2D eigenvalue weighted by Crippen LogP contribution is -2.42. The van der Waals surface area contributed by atoms with Crippen molar-refractivity contribution in [2.45, 2.75) is 18.6 Å². The van der Waals surface area contributed by atoms with E-state index in [0.29, 0.717) is 12.8 Å². The van der Waals surface area contributed by atoms with Crippen LogP contribution in [0.2, 0.25) is 0 Å². The van der Waals surface area contributed by atoms with Crippen molar-refractivity contribution < 1.29 is 22.0 Å². The van der Waals surface area contributed by atoms with Gasteiger partial charge in [0.2, 0.25) is 15.9 Å². The van der Waals surface area contributed by atoms with Gasteiger partial charge in [0.05, 0.1) is 11.4 Å². The minimum atomic E-state index is -3.67. The van der Waals surface area contributed by atoms with E-state index in [-0.39, 0.29) is 30.2 Å². The standard InChI is InChI=1S/C19H20F2N2O3S/c20-16-6-2-1-5-15(16)13-27(25,26)23-11-9-14(10-12-23)19(24)22-18-8-4-3-7-17(18)21/h1-8,14H,9-13H2,(H,22,24). The highest BCUT2D eigenvalue weighted by Gasteiger charge is 2.31. The van der Waals surface area contributed by atoms with Crippen molar-refractivity contribution in [2.75, 3.05) is 18.4 Å². The Morgan fingerprint density at radius 3 is 2.22 bits per heavy atom. The molecule has 144 valence electrons. The van der Waals surface area contributed by atoms with E-state index in [1.807, 2.05) is 0 Å². The lowest BCUT2D eigenvalue weighted by molar-refractivity contribution is -0.120. The molecule has 0 spiro atoms. The molecule has 0 aromatic heterocycles. The third-order valence-electron chi connectivity index (χ3n) is 4.65. The normalized spacial score (nSPS) is 16.2. The first kappa shape index (κ1) is 19.4. The Hall–Kier alpha value is -2.32. The summed E-state index contributed by atoms with van der Waals surface area (Å²) in [5.41, 5.74) is 0.231. The van der Waals surface area contributed by atoms with Gasteiger partial charge in [0.25, 0.3) is 0 Å².